The van der Waals surface area contributed by atoms with Crippen molar-refractivity contribution in [3.8, 4) is 28.4 Å². The molecule has 0 atom stereocenters. The van der Waals surface area contributed by atoms with Crippen LogP contribution in [0.25, 0.3) is 38.8 Å². The number of anilines is 2. The highest BCUT2D eigenvalue weighted by molar-refractivity contribution is 6.12. The van der Waals surface area contributed by atoms with E-state index in [4.69, 9.17) is 9.72 Å². The van der Waals surface area contributed by atoms with Gasteiger partial charge in [0.1, 0.15) is 17.3 Å². The zero-order valence-electron chi connectivity index (χ0n) is 43.6. The number of aromatic nitrogens is 2. The van der Waals surface area contributed by atoms with E-state index >= 15 is 0 Å². The van der Waals surface area contributed by atoms with E-state index in [2.05, 4.69) is 257 Å². The van der Waals surface area contributed by atoms with Gasteiger partial charge in [0, 0.05) is 58.3 Å². The highest BCUT2D eigenvalue weighted by atomic mass is 16.5. The van der Waals surface area contributed by atoms with Crippen LogP contribution in [0.5, 0.6) is 11.5 Å². The third-order valence-corrected chi connectivity index (χ3v) is 14.4. The molecule has 1 aliphatic heterocycles. The summed E-state index contributed by atoms with van der Waals surface area (Å²) in [7, 11) is 0. The highest BCUT2D eigenvalue weighted by Gasteiger charge is 2.30. The Balaban J connectivity index is 1.16. The molecule has 0 unspecified atom stereocenters. The number of para-hydroxylation sites is 1. The first-order valence-electron chi connectivity index (χ1n) is 25.1. The molecule has 0 saturated carbocycles. The molecule has 5 nitrogen and oxygen atoms in total. The number of hydrogen-bond acceptors (Lipinski definition) is 4. The Morgan fingerprint density at radius 1 is 0.522 bits per heavy atom. The van der Waals surface area contributed by atoms with Gasteiger partial charge in [-0.3, -0.25) is 4.57 Å². The number of pyridine rings is 1. The Hall–Kier alpha value is -6.59. The largest absolute Gasteiger partial charge is 0.457 e. The number of rotatable bonds is 11. The molecule has 3 heterocycles. The second kappa shape index (κ2) is 18.1. The van der Waals surface area contributed by atoms with Crippen molar-refractivity contribution in [2.75, 3.05) is 16.5 Å². The van der Waals surface area contributed by atoms with Crippen LogP contribution in [0.15, 0.2) is 152 Å². The first kappa shape index (κ1) is 47.5. The summed E-state index contributed by atoms with van der Waals surface area (Å²) < 4.78 is 9.43. The number of hydrogen-bond donors (Lipinski definition) is 0. The van der Waals surface area contributed by atoms with Crippen LogP contribution in [0.2, 0.25) is 0 Å². The van der Waals surface area contributed by atoms with Gasteiger partial charge in [0.25, 0.3) is 0 Å². The molecule has 0 N–H and O–H groups in total. The number of ether oxygens (including phenoxy) is 1. The predicted molar refractivity (Wildman–Crippen MR) is 294 cm³/mol. The van der Waals surface area contributed by atoms with Crippen molar-refractivity contribution >= 4 is 33.2 Å². The van der Waals surface area contributed by atoms with Crippen LogP contribution in [-0.2, 0) is 16.2 Å². The van der Waals surface area contributed by atoms with E-state index in [1.54, 1.807) is 0 Å². The minimum absolute atomic E-state index is 0.0357. The predicted octanol–water partition coefficient (Wildman–Crippen LogP) is 17.7. The second-order valence-corrected chi connectivity index (χ2v) is 22.9. The number of benzene rings is 6. The minimum atomic E-state index is -0.373. The fourth-order valence-electron chi connectivity index (χ4n) is 10.1. The molecule has 8 aromatic rings. The van der Waals surface area contributed by atoms with Crippen molar-refractivity contribution in [2.45, 2.75) is 131 Å². The fourth-order valence-corrected chi connectivity index (χ4v) is 10.1. The van der Waals surface area contributed by atoms with Crippen molar-refractivity contribution in [2.24, 2.45) is 0 Å². The third kappa shape index (κ3) is 9.21. The third-order valence-electron chi connectivity index (χ3n) is 14.4. The summed E-state index contributed by atoms with van der Waals surface area (Å²) in [4.78, 5) is 9.83. The normalized spacial score (nSPS) is 13.6. The molecule has 1 aliphatic rings. The highest BCUT2D eigenvalue weighted by Crippen LogP contribution is 2.46. The quantitative estimate of drug-likeness (QED) is 0.129. The monoisotopic (exact) mass is 913 g/mol. The summed E-state index contributed by atoms with van der Waals surface area (Å²) in [5.41, 5.74) is 15.9. The zero-order valence-corrected chi connectivity index (χ0v) is 43.6. The van der Waals surface area contributed by atoms with Crippen LogP contribution in [0.4, 0.5) is 11.4 Å². The molecule has 6 aromatic carbocycles. The second-order valence-electron chi connectivity index (χ2n) is 22.9. The van der Waals surface area contributed by atoms with Gasteiger partial charge in [-0.15, -0.1) is 0 Å². The Morgan fingerprint density at radius 2 is 1.14 bits per heavy atom. The van der Waals surface area contributed by atoms with Crippen LogP contribution in [-0.4, -0.2) is 16.2 Å². The first-order chi connectivity index (χ1) is 32.7. The molecular weight excluding hydrogens is 841 g/mol. The standard InChI is InChI=1S/C64H72N4O/c1-41(2)45-31-54(42(3)4)60(55(32-45)43(5)6)44-27-28-65-59(33-44)68-57-26-19-18-25-53(57)61-56(64(13,14)46-21-16-15-17-22-46)38-52(39-58(61)68)69-51-24-20-23-49(37-51)66-29-30-67(40-66)50-35-47(62(7,8)9)34-48(36-50)63(10,11)12/h15-39,41-43H,40H2,1-14H3. The lowest BCUT2D eigenvalue weighted by molar-refractivity contribution is 0.481. The van der Waals surface area contributed by atoms with Crippen molar-refractivity contribution in [1.82, 2.24) is 9.55 Å². The van der Waals surface area contributed by atoms with Gasteiger partial charge in [0.15, 0.2) is 0 Å². The maximum Gasteiger partial charge on any atom is 0.138 e. The molecule has 0 amide bonds. The lowest BCUT2D eigenvalue weighted by Gasteiger charge is -2.29. The summed E-state index contributed by atoms with van der Waals surface area (Å²) in [6.07, 6.45) is 6.37. The molecule has 0 spiro atoms. The average molecular weight is 913 g/mol. The van der Waals surface area contributed by atoms with Crippen LogP contribution < -0.4 is 14.5 Å². The molecule has 0 radical (unpaired) electrons. The SMILES string of the molecule is CC(C)c1cc(C(C)C)c(-c2ccnc(-n3c4ccccc4c4c(C(C)(C)c5ccccc5)cc(Oc5cccc(N6C=CN(c7cc(C(C)(C)C)cc(C(C)(C)C)c7)C6)c5)cc43)c2)c(C(C)C)c1. The van der Waals surface area contributed by atoms with E-state index in [-0.39, 0.29) is 16.2 Å². The topological polar surface area (TPSA) is 33.5 Å². The maximum absolute atomic E-state index is 7.07. The molecule has 0 bridgehead atoms. The lowest BCUT2D eigenvalue weighted by atomic mass is 9.76. The average Bonchev–Trinajstić information content (AvgIpc) is 3.94. The van der Waals surface area contributed by atoms with E-state index in [0.29, 0.717) is 24.4 Å². The Kier molecular flexibility index (Phi) is 12.4. The maximum atomic E-state index is 7.07. The van der Waals surface area contributed by atoms with Crippen molar-refractivity contribution < 1.29 is 4.74 Å². The number of fused-ring (bicyclic) bond motifs is 3. The molecule has 0 fully saturated rings. The molecule has 5 heteroatoms. The van der Waals surface area contributed by atoms with Crippen LogP contribution in [0.1, 0.15) is 154 Å². The smallest absolute Gasteiger partial charge is 0.138 e. The zero-order chi connectivity index (χ0) is 49.2. The first-order valence-corrected chi connectivity index (χ1v) is 25.1. The van der Waals surface area contributed by atoms with Gasteiger partial charge in [-0.25, -0.2) is 4.98 Å². The molecular formula is C64H72N4O. The van der Waals surface area contributed by atoms with E-state index < -0.39 is 0 Å². The van der Waals surface area contributed by atoms with E-state index in [1.165, 1.54) is 66.5 Å². The molecule has 354 valence electrons. The minimum Gasteiger partial charge on any atom is -0.457 e. The van der Waals surface area contributed by atoms with Crippen LogP contribution in [0, 0.1) is 0 Å². The van der Waals surface area contributed by atoms with Gasteiger partial charge in [-0.05, 0) is 127 Å². The van der Waals surface area contributed by atoms with Gasteiger partial charge in [-0.1, -0.05) is 170 Å². The summed E-state index contributed by atoms with van der Waals surface area (Å²) in [5.74, 6) is 3.59. The molecule has 9 rings (SSSR count). The lowest BCUT2D eigenvalue weighted by Crippen LogP contribution is -2.26. The van der Waals surface area contributed by atoms with Crippen molar-refractivity contribution in [3.63, 3.8) is 0 Å². The molecule has 0 aliphatic carbocycles. The molecule has 2 aromatic heterocycles. The van der Waals surface area contributed by atoms with E-state index in [1.807, 2.05) is 6.20 Å². The van der Waals surface area contributed by atoms with Gasteiger partial charge < -0.3 is 14.5 Å². The summed E-state index contributed by atoms with van der Waals surface area (Å²) in [6.45, 7) is 33.0. The summed E-state index contributed by atoms with van der Waals surface area (Å²) in [6, 6.07) is 49.2. The van der Waals surface area contributed by atoms with Gasteiger partial charge >= 0.3 is 0 Å². The van der Waals surface area contributed by atoms with Gasteiger partial charge in [0.2, 0.25) is 0 Å². The Morgan fingerprint density at radius 3 is 1.77 bits per heavy atom. The molecule has 0 saturated heterocycles. The van der Waals surface area contributed by atoms with Crippen molar-refractivity contribution in [3.05, 3.63) is 191 Å². The van der Waals surface area contributed by atoms with Gasteiger partial charge in [0.05, 0.1) is 17.7 Å². The summed E-state index contributed by atoms with van der Waals surface area (Å²) >= 11 is 0. The van der Waals surface area contributed by atoms with Crippen LogP contribution >= 0.6 is 0 Å². The Bertz CT molecular complexity index is 3150. The fraction of sp³-hybridized carbons (Fsp3) is 0.328. The summed E-state index contributed by atoms with van der Waals surface area (Å²) in [5, 5.41) is 2.39. The Labute approximate surface area is 412 Å². The van der Waals surface area contributed by atoms with Crippen LogP contribution in [0.3, 0.4) is 0 Å². The van der Waals surface area contributed by atoms with E-state index in [9.17, 15) is 0 Å². The molecule has 69 heavy (non-hydrogen) atoms. The number of nitrogens with zero attached hydrogens (tertiary/aromatic N) is 4. The van der Waals surface area contributed by atoms with Gasteiger partial charge in [-0.2, -0.15) is 0 Å². The van der Waals surface area contributed by atoms with E-state index in [0.717, 1.165) is 34.0 Å². The van der Waals surface area contributed by atoms with Crippen molar-refractivity contribution in [1.29, 1.82) is 0 Å².